The van der Waals surface area contributed by atoms with Crippen molar-refractivity contribution in [2.45, 2.75) is 50.1 Å². The van der Waals surface area contributed by atoms with Crippen LogP contribution < -0.4 is 9.62 Å². The molecule has 1 N–H and O–H groups in total. The first-order valence-corrected chi connectivity index (χ1v) is 14.3. The van der Waals surface area contributed by atoms with Gasteiger partial charge in [0.05, 0.1) is 33.5 Å². The molecule has 0 aliphatic carbocycles. The highest BCUT2D eigenvalue weighted by Crippen LogP contribution is 2.29. The number of anilines is 1. The van der Waals surface area contributed by atoms with Crippen LogP contribution >= 0.6 is 0 Å². The van der Waals surface area contributed by atoms with Crippen LogP contribution in [0.25, 0.3) is 0 Å². The largest absolute Gasteiger partial charge is 0.346 e. The van der Waals surface area contributed by atoms with Gasteiger partial charge < -0.3 is 5.32 Å². The second-order valence-corrected chi connectivity index (χ2v) is 12.5. The molecule has 1 heterocycles. The number of carbonyl (C=O) groups is 1. The quantitative estimate of drug-likeness (QED) is 0.447. The lowest BCUT2D eigenvalue weighted by Crippen LogP contribution is -2.37. The van der Waals surface area contributed by atoms with Crippen LogP contribution in [-0.4, -0.2) is 39.5 Å². The lowest BCUT2D eigenvalue weighted by molar-refractivity contribution is 0.0950. The Kier molecular flexibility index (Phi) is 8.15. The number of hydrogen-bond donors (Lipinski definition) is 1. The van der Waals surface area contributed by atoms with Gasteiger partial charge in [-0.2, -0.15) is 0 Å². The van der Waals surface area contributed by atoms with Gasteiger partial charge in [-0.25, -0.2) is 21.2 Å². The number of benzene rings is 2. The van der Waals surface area contributed by atoms with E-state index in [2.05, 4.69) is 10.3 Å². The highest BCUT2D eigenvalue weighted by Gasteiger charge is 2.30. The lowest BCUT2D eigenvalue weighted by atomic mass is 10.1. The van der Waals surface area contributed by atoms with Gasteiger partial charge in [-0.3, -0.25) is 14.1 Å². The van der Waals surface area contributed by atoms with E-state index in [1.807, 2.05) is 6.92 Å². The van der Waals surface area contributed by atoms with Crippen molar-refractivity contribution in [1.29, 1.82) is 0 Å². The van der Waals surface area contributed by atoms with Crippen LogP contribution in [0.3, 0.4) is 0 Å². The maximum Gasteiger partial charge on any atom is 0.264 e. The third-order valence-electron chi connectivity index (χ3n) is 5.46. The van der Waals surface area contributed by atoms with Crippen LogP contribution in [0, 0.1) is 12.7 Å². The molecule has 0 unspecified atom stereocenters. The molecule has 8 nitrogen and oxygen atoms in total. The van der Waals surface area contributed by atoms with Crippen LogP contribution in [0.15, 0.2) is 70.6 Å². The molecule has 192 valence electrons. The Morgan fingerprint density at radius 1 is 1.00 bits per heavy atom. The molecule has 3 rings (SSSR count). The first-order chi connectivity index (χ1) is 16.9. The molecule has 1 aromatic heterocycles. The summed E-state index contributed by atoms with van der Waals surface area (Å²) >= 11 is 0. The summed E-state index contributed by atoms with van der Waals surface area (Å²) in [4.78, 5) is 16.8. The van der Waals surface area contributed by atoms with Crippen LogP contribution in [0.4, 0.5) is 10.1 Å². The predicted molar refractivity (Wildman–Crippen MR) is 136 cm³/mol. The molecule has 0 aliphatic rings. The van der Waals surface area contributed by atoms with Crippen LogP contribution in [0.1, 0.15) is 42.4 Å². The molecule has 0 aliphatic heterocycles. The topological polar surface area (TPSA) is 114 Å². The van der Waals surface area contributed by atoms with E-state index in [4.69, 9.17) is 0 Å². The van der Waals surface area contributed by atoms with Crippen LogP contribution in [0.2, 0.25) is 0 Å². The minimum absolute atomic E-state index is 0.00197. The summed E-state index contributed by atoms with van der Waals surface area (Å²) in [5, 5.41) is 2.60. The summed E-state index contributed by atoms with van der Waals surface area (Å²) in [6.07, 6.45) is 1.23. The smallest absolute Gasteiger partial charge is 0.264 e. The summed E-state index contributed by atoms with van der Waals surface area (Å²) < 4.78 is 66.4. The minimum atomic E-state index is -4.05. The Morgan fingerprint density at radius 3 is 2.17 bits per heavy atom. The second-order valence-electron chi connectivity index (χ2n) is 8.45. The molecule has 36 heavy (non-hydrogen) atoms. The highest BCUT2D eigenvalue weighted by molar-refractivity contribution is 7.93. The summed E-state index contributed by atoms with van der Waals surface area (Å²) in [5.41, 5.74) is 1.14. The minimum Gasteiger partial charge on any atom is -0.346 e. The van der Waals surface area contributed by atoms with Gasteiger partial charge in [-0.1, -0.05) is 24.6 Å². The molecule has 3 aromatic rings. The molecule has 0 radical (unpaired) electrons. The van der Waals surface area contributed by atoms with E-state index in [-0.39, 0.29) is 33.3 Å². The summed E-state index contributed by atoms with van der Waals surface area (Å²) in [7, 11) is -7.43. The molecule has 0 bridgehead atoms. The Balaban J connectivity index is 1.79. The zero-order valence-corrected chi connectivity index (χ0v) is 22.0. The van der Waals surface area contributed by atoms with E-state index >= 15 is 4.39 Å². The SMILES string of the molecule is CCS(=O)(=O)c1ccc(CNC(=O)c2ccc(N(C(C)C)S(=O)(=O)c3ccc(C)cc3)c(F)c2)nc1. The summed E-state index contributed by atoms with van der Waals surface area (Å²) in [6, 6.07) is 12.2. The molecule has 0 fully saturated rings. The first-order valence-electron chi connectivity index (χ1n) is 11.2. The highest BCUT2D eigenvalue weighted by atomic mass is 32.2. The van der Waals surface area contributed by atoms with Crippen molar-refractivity contribution in [3.8, 4) is 0 Å². The van der Waals surface area contributed by atoms with E-state index < -0.39 is 37.6 Å². The molecule has 0 atom stereocenters. The average molecular weight is 534 g/mol. The lowest BCUT2D eigenvalue weighted by Gasteiger charge is -2.28. The van der Waals surface area contributed by atoms with Crippen molar-refractivity contribution >= 4 is 31.5 Å². The van der Waals surface area contributed by atoms with Crippen LogP contribution in [-0.2, 0) is 26.4 Å². The monoisotopic (exact) mass is 533 g/mol. The third-order valence-corrected chi connectivity index (χ3v) is 9.18. The van der Waals surface area contributed by atoms with Gasteiger partial charge in [0.1, 0.15) is 5.82 Å². The molecule has 0 saturated heterocycles. The van der Waals surface area contributed by atoms with Gasteiger partial charge in [-0.15, -0.1) is 0 Å². The number of halogens is 1. The number of aryl methyl sites for hydroxylation is 1. The summed E-state index contributed by atoms with van der Waals surface area (Å²) in [5.74, 6) is -1.50. The van der Waals surface area contributed by atoms with Crippen molar-refractivity contribution < 1.29 is 26.0 Å². The number of rotatable bonds is 9. The molecule has 11 heteroatoms. The number of nitrogens with zero attached hydrogens (tertiary/aromatic N) is 2. The number of nitrogens with one attached hydrogen (secondary N) is 1. The van der Waals surface area contributed by atoms with E-state index in [1.165, 1.54) is 49.5 Å². The Hall–Kier alpha value is -3.31. The number of amides is 1. The molecular formula is C25H28FN3O5S2. The number of pyridine rings is 1. The number of hydrogen-bond acceptors (Lipinski definition) is 6. The standard InChI is InChI=1S/C25H28FN3O5S2/c1-5-35(31,32)22-12-9-20(27-16-22)15-28-25(30)19-8-13-24(23(26)14-19)29(17(2)3)36(33,34)21-10-6-18(4)7-11-21/h6-14,16-17H,5,15H2,1-4H3,(H,28,30). The molecule has 2 aromatic carbocycles. The number of sulfone groups is 1. The number of aromatic nitrogens is 1. The zero-order chi connectivity index (χ0) is 26.7. The Bertz CT molecular complexity index is 1450. The average Bonchev–Trinajstić information content (AvgIpc) is 2.84. The zero-order valence-electron chi connectivity index (χ0n) is 20.4. The fraction of sp³-hybridized carbons (Fsp3) is 0.280. The van der Waals surface area contributed by atoms with Crippen molar-refractivity contribution in [3.63, 3.8) is 0 Å². The summed E-state index contributed by atoms with van der Waals surface area (Å²) in [6.45, 7) is 6.63. The van der Waals surface area contributed by atoms with E-state index in [9.17, 15) is 21.6 Å². The van der Waals surface area contributed by atoms with Gasteiger partial charge in [0.2, 0.25) is 0 Å². The maximum absolute atomic E-state index is 15.1. The Labute approximate surface area is 211 Å². The predicted octanol–water partition coefficient (Wildman–Crippen LogP) is 3.86. The first kappa shape index (κ1) is 27.3. The van der Waals surface area contributed by atoms with Gasteiger partial charge in [0.15, 0.2) is 9.84 Å². The fourth-order valence-electron chi connectivity index (χ4n) is 3.47. The van der Waals surface area contributed by atoms with Gasteiger partial charge in [-0.05, 0) is 63.2 Å². The van der Waals surface area contributed by atoms with Crippen molar-refractivity contribution in [1.82, 2.24) is 10.3 Å². The maximum atomic E-state index is 15.1. The Morgan fingerprint density at radius 2 is 1.64 bits per heavy atom. The number of sulfonamides is 1. The number of carbonyl (C=O) groups excluding carboxylic acids is 1. The van der Waals surface area contributed by atoms with Gasteiger partial charge >= 0.3 is 0 Å². The van der Waals surface area contributed by atoms with Crippen molar-refractivity contribution in [3.05, 3.63) is 83.4 Å². The fourth-order valence-corrected chi connectivity index (χ4v) is 5.97. The van der Waals surface area contributed by atoms with E-state index in [1.54, 1.807) is 26.0 Å². The van der Waals surface area contributed by atoms with Crippen molar-refractivity contribution in [2.75, 3.05) is 10.1 Å². The van der Waals surface area contributed by atoms with E-state index in [0.29, 0.717) is 5.69 Å². The van der Waals surface area contributed by atoms with E-state index in [0.717, 1.165) is 15.9 Å². The molecular weight excluding hydrogens is 505 g/mol. The third kappa shape index (κ3) is 5.90. The molecule has 0 spiro atoms. The second kappa shape index (κ2) is 10.8. The van der Waals surface area contributed by atoms with Gasteiger partial charge in [0.25, 0.3) is 15.9 Å². The normalized spacial score (nSPS) is 11.9. The molecule has 0 saturated carbocycles. The van der Waals surface area contributed by atoms with Crippen molar-refractivity contribution in [2.24, 2.45) is 0 Å². The van der Waals surface area contributed by atoms with Crippen LogP contribution in [0.5, 0.6) is 0 Å². The van der Waals surface area contributed by atoms with Gasteiger partial charge in [0, 0.05) is 17.8 Å². The molecule has 1 amide bonds.